The van der Waals surface area contributed by atoms with Crippen molar-refractivity contribution >= 4 is 17.6 Å². The summed E-state index contributed by atoms with van der Waals surface area (Å²) in [4.78, 5) is 31.1. The highest BCUT2D eigenvalue weighted by molar-refractivity contribution is 6.00. The quantitative estimate of drug-likeness (QED) is 0.0996. The van der Waals surface area contributed by atoms with Gasteiger partial charge in [0.2, 0.25) is 5.91 Å². The zero-order chi connectivity index (χ0) is 27.0. The molecule has 0 radical (unpaired) electrons. The van der Waals surface area contributed by atoms with Crippen molar-refractivity contribution in [1.82, 2.24) is 4.90 Å². The molecule has 1 aliphatic rings. The monoisotopic (exact) mass is 520 g/mol. The molecular weight excluding hydrogens is 460 g/mol. The first-order valence-electron chi connectivity index (χ1n) is 16.1. The van der Waals surface area contributed by atoms with Crippen molar-refractivity contribution in [1.29, 1.82) is 0 Å². The lowest BCUT2D eigenvalue weighted by Crippen LogP contribution is -2.44. The summed E-state index contributed by atoms with van der Waals surface area (Å²) in [5.41, 5.74) is 0.866. The van der Waals surface area contributed by atoms with E-state index in [0.29, 0.717) is 25.8 Å². The van der Waals surface area contributed by atoms with Crippen LogP contribution < -0.4 is 0 Å². The third kappa shape index (κ3) is 18.5. The average molecular weight is 521 g/mol. The summed E-state index contributed by atoms with van der Waals surface area (Å²) in [6.45, 7) is 7.50. The smallest absolute Gasteiger partial charge is 0.307 e. The van der Waals surface area contributed by atoms with Gasteiger partial charge in [0.1, 0.15) is 0 Å². The van der Waals surface area contributed by atoms with E-state index in [1.54, 1.807) is 4.90 Å². The molecule has 216 valence electrons. The van der Waals surface area contributed by atoms with Crippen molar-refractivity contribution in [2.45, 2.75) is 175 Å². The van der Waals surface area contributed by atoms with Crippen LogP contribution in [0.25, 0.3) is 0 Å². The Labute approximate surface area is 229 Å². The number of nitrogens with zero attached hydrogens (tertiary/aromatic N) is 2. The summed E-state index contributed by atoms with van der Waals surface area (Å²) >= 11 is 0. The van der Waals surface area contributed by atoms with Gasteiger partial charge in [0.05, 0.1) is 6.42 Å². The zero-order valence-corrected chi connectivity index (χ0v) is 24.9. The van der Waals surface area contributed by atoms with Gasteiger partial charge in [0.15, 0.2) is 6.23 Å². The fourth-order valence-electron chi connectivity index (χ4n) is 5.24. The highest BCUT2D eigenvalue weighted by Gasteiger charge is 2.26. The molecule has 5 heteroatoms. The van der Waals surface area contributed by atoms with Crippen LogP contribution >= 0.6 is 0 Å². The minimum atomic E-state index is -0.439. The number of hydrogen-bond acceptors (Lipinski definition) is 4. The second-order valence-electron chi connectivity index (χ2n) is 11.2. The Morgan fingerprint density at radius 3 is 1.70 bits per heavy atom. The van der Waals surface area contributed by atoms with Crippen LogP contribution in [0.5, 0.6) is 0 Å². The van der Waals surface area contributed by atoms with Gasteiger partial charge < -0.3 is 9.64 Å². The van der Waals surface area contributed by atoms with Crippen LogP contribution in [-0.4, -0.2) is 41.8 Å². The van der Waals surface area contributed by atoms with Crippen molar-refractivity contribution in [2.24, 2.45) is 4.99 Å². The Kier molecular flexibility index (Phi) is 21.6. The molecule has 1 atom stereocenters. The van der Waals surface area contributed by atoms with Crippen molar-refractivity contribution < 1.29 is 14.3 Å². The number of hydrogen-bond donors (Lipinski definition) is 0. The van der Waals surface area contributed by atoms with E-state index in [9.17, 15) is 9.59 Å². The molecule has 1 heterocycles. The molecule has 0 saturated carbocycles. The fraction of sp³-hybridized carbons (Fsp3) is 0.906. The largest absolute Gasteiger partial charge is 0.441 e. The van der Waals surface area contributed by atoms with E-state index in [2.05, 4.69) is 11.9 Å². The van der Waals surface area contributed by atoms with Gasteiger partial charge in [-0.2, -0.15) is 0 Å². The molecule has 5 nitrogen and oxygen atoms in total. The fourth-order valence-corrected chi connectivity index (χ4v) is 5.24. The molecule has 0 bridgehead atoms. The number of aliphatic imine (C=N–C) groups is 1. The van der Waals surface area contributed by atoms with E-state index < -0.39 is 6.23 Å². The predicted octanol–water partition coefficient (Wildman–Crippen LogP) is 9.17. The van der Waals surface area contributed by atoms with Crippen molar-refractivity contribution in [2.75, 3.05) is 13.1 Å². The van der Waals surface area contributed by atoms with Crippen LogP contribution in [0.15, 0.2) is 4.99 Å². The van der Waals surface area contributed by atoms with Gasteiger partial charge in [-0.25, -0.2) is 0 Å². The molecule has 0 spiro atoms. The molecule has 1 amide bonds. The standard InChI is InChI=1S/C32H60N2O3/c1-4-6-7-8-9-10-11-12-13-14-15-16-17-18-19-20-21-22-23-25-32(36)37-31(5-2)34-27-24-26-33-29(3)28-30(34)35/h31H,4-28H2,1-3H3/b33-29-. The first-order chi connectivity index (χ1) is 18.1. The van der Waals surface area contributed by atoms with Gasteiger partial charge in [0.25, 0.3) is 0 Å². The normalized spacial score (nSPS) is 16.7. The van der Waals surface area contributed by atoms with Crippen LogP contribution in [-0.2, 0) is 14.3 Å². The summed E-state index contributed by atoms with van der Waals surface area (Å²) in [6, 6.07) is 0. The molecule has 0 aromatic rings. The molecule has 1 unspecified atom stereocenters. The van der Waals surface area contributed by atoms with Gasteiger partial charge in [-0.1, -0.05) is 129 Å². The molecular formula is C32H60N2O3. The highest BCUT2D eigenvalue weighted by Crippen LogP contribution is 2.16. The summed E-state index contributed by atoms with van der Waals surface area (Å²) < 4.78 is 5.70. The first kappa shape index (κ1) is 33.6. The minimum Gasteiger partial charge on any atom is -0.441 e. The van der Waals surface area contributed by atoms with Gasteiger partial charge in [0, 0.05) is 31.6 Å². The number of esters is 1. The maximum Gasteiger partial charge on any atom is 0.307 e. The van der Waals surface area contributed by atoms with E-state index in [0.717, 1.165) is 31.5 Å². The molecule has 1 aliphatic heterocycles. The van der Waals surface area contributed by atoms with Crippen molar-refractivity contribution in [3.63, 3.8) is 0 Å². The van der Waals surface area contributed by atoms with Crippen LogP contribution in [0.2, 0.25) is 0 Å². The summed E-state index contributed by atoms with van der Waals surface area (Å²) in [5.74, 6) is -0.150. The molecule has 0 aliphatic carbocycles. The molecule has 0 aromatic heterocycles. The van der Waals surface area contributed by atoms with Crippen LogP contribution in [0, 0.1) is 0 Å². The lowest BCUT2D eigenvalue weighted by Gasteiger charge is -2.31. The lowest BCUT2D eigenvalue weighted by atomic mass is 10.0. The minimum absolute atomic E-state index is 0.0177. The number of carbonyl (C=O) groups excluding carboxylic acids is 2. The Morgan fingerprint density at radius 2 is 1.24 bits per heavy atom. The summed E-state index contributed by atoms with van der Waals surface area (Å²) in [6.07, 6.45) is 27.3. The van der Waals surface area contributed by atoms with E-state index in [1.165, 1.54) is 109 Å². The number of carbonyl (C=O) groups is 2. The summed E-state index contributed by atoms with van der Waals surface area (Å²) in [7, 11) is 0. The SMILES string of the molecule is CCCCCCCCCCCCCCCCCCCCCC(=O)OC(CC)N1CCC/N=C(/C)CC1=O. The van der Waals surface area contributed by atoms with Gasteiger partial charge in [-0.05, 0) is 19.8 Å². The highest BCUT2D eigenvalue weighted by atomic mass is 16.6. The predicted molar refractivity (Wildman–Crippen MR) is 157 cm³/mol. The maximum absolute atomic E-state index is 12.6. The van der Waals surface area contributed by atoms with E-state index in [-0.39, 0.29) is 11.9 Å². The van der Waals surface area contributed by atoms with Crippen molar-refractivity contribution in [3.8, 4) is 0 Å². The van der Waals surface area contributed by atoms with Gasteiger partial charge in [-0.15, -0.1) is 0 Å². The molecule has 1 rings (SSSR count). The van der Waals surface area contributed by atoms with Crippen LogP contribution in [0.1, 0.15) is 168 Å². The molecule has 0 aromatic carbocycles. The number of amides is 1. The molecule has 37 heavy (non-hydrogen) atoms. The van der Waals surface area contributed by atoms with Crippen molar-refractivity contribution in [3.05, 3.63) is 0 Å². The Balaban J connectivity index is 1.93. The zero-order valence-electron chi connectivity index (χ0n) is 24.9. The Hall–Kier alpha value is -1.39. The number of rotatable bonds is 23. The second kappa shape index (κ2) is 23.7. The van der Waals surface area contributed by atoms with Gasteiger partial charge in [-0.3, -0.25) is 14.6 Å². The van der Waals surface area contributed by atoms with Gasteiger partial charge >= 0.3 is 5.97 Å². The first-order valence-corrected chi connectivity index (χ1v) is 16.1. The summed E-state index contributed by atoms with van der Waals surface area (Å²) in [5, 5.41) is 0. The number of unbranched alkanes of at least 4 members (excludes halogenated alkanes) is 18. The molecule has 0 saturated heterocycles. The van der Waals surface area contributed by atoms with E-state index >= 15 is 0 Å². The molecule has 0 fully saturated rings. The van der Waals surface area contributed by atoms with E-state index in [4.69, 9.17) is 4.74 Å². The third-order valence-electron chi connectivity index (χ3n) is 7.62. The third-order valence-corrected chi connectivity index (χ3v) is 7.62. The molecule has 0 N–H and O–H groups in total. The second-order valence-corrected chi connectivity index (χ2v) is 11.2. The topological polar surface area (TPSA) is 59.0 Å². The van der Waals surface area contributed by atoms with Crippen LogP contribution in [0.3, 0.4) is 0 Å². The van der Waals surface area contributed by atoms with Crippen LogP contribution in [0.4, 0.5) is 0 Å². The Morgan fingerprint density at radius 1 is 0.784 bits per heavy atom. The van der Waals surface area contributed by atoms with E-state index in [1.807, 2.05) is 13.8 Å². The average Bonchev–Trinajstić information content (AvgIpc) is 2.88. The number of ether oxygens (including phenoxy) is 1. The lowest BCUT2D eigenvalue weighted by molar-refractivity contribution is -0.165. The Bertz CT molecular complexity index is 605. The maximum atomic E-state index is 12.6.